The van der Waals surface area contributed by atoms with Crippen LogP contribution in [0.15, 0.2) is 46.7 Å². The summed E-state index contributed by atoms with van der Waals surface area (Å²) in [6, 6.07) is 6.36. The lowest BCUT2D eigenvalue weighted by Crippen LogP contribution is -2.33. The molecule has 0 spiro atoms. The summed E-state index contributed by atoms with van der Waals surface area (Å²) in [6.45, 7) is 15.0. The third kappa shape index (κ3) is 11.8. The van der Waals surface area contributed by atoms with Crippen LogP contribution in [0, 0.1) is 0 Å². The van der Waals surface area contributed by atoms with Crippen molar-refractivity contribution in [1.82, 2.24) is 10.2 Å². The Morgan fingerprint density at radius 3 is 2.27 bits per heavy atom. The summed E-state index contributed by atoms with van der Waals surface area (Å²) >= 11 is 0. The maximum Gasteiger partial charge on any atom is 0.419 e. The van der Waals surface area contributed by atoms with Crippen molar-refractivity contribution in [3.63, 3.8) is 0 Å². The van der Waals surface area contributed by atoms with Gasteiger partial charge in [0, 0.05) is 43.6 Å². The molecule has 0 aromatic heterocycles. The maximum atomic E-state index is 14.0. The van der Waals surface area contributed by atoms with E-state index in [0.29, 0.717) is 44.2 Å². The van der Waals surface area contributed by atoms with Gasteiger partial charge in [-0.25, -0.2) is 4.99 Å². The third-order valence-corrected chi connectivity index (χ3v) is 6.96. The fourth-order valence-electron chi connectivity index (χ4n) is 4.82. The number of aryl methyl sites for hydroxylation is 1. The SMILES string of the molecule is C/C=C(NCCCN(CC)C(=O)CCC)/C(=C\N=C(C)Nc1ccc(C(CCC)CCC)cc1CC)C(F)(F)F. The molecule has 0 fully saturated rings. The molecule has 0 aliphatic rings. The van der Waals surface area contributed by atoms with Crippen LogP contribution in [0.3, 0.4) is 0 Å². The number of nitrogens with zero attached hydrogens (tertiary/aromatic N) is 2. The van der Waals surface area contributed by atoms with Crippen LogP contribution in [0.1, 0.15) is 110 Å². The molecule has 0 heterocycles. The van der Waals surface area contributed by atoms with E-state index < -0.39 is 11.7 Å². The zero-order valence-electron chi connectivity index (χ0n) is 25.7. The zero-order chi connectivity index (χ0) is 30.1. The van der Waals surface area contributed by atoms with Gasteiger partial charge in [0.15, 0.2) is 0 Å². The quantitative estimate of drug-likeness (QED) is 0.0861. The predicted molar refractivity (Wildman–Crippen MR) is 163 cm³/mol. The van der Waals surface area contributed by atoms with Gasteiger partial charge in [-0.2, -0.15) is 13.2 Å². The number of alkyl halides is 3. The minimum Gasteiger partial charge on any atom is -0.385 e. The Labute approximate surface area is 240 Å². The molecular weight excluding hydrogens is 513 g/mol. The minimum absolute atomic E-state index is 0.0246. The van der Waals surface area contributed by atoms with Gasteiger partial charge in [-0.15, -0.1) is 0 Å². The second-order valence-corrected chi connectivity index (χ2v) is 10.1. The molecule has 0 saturated heterocycles. The van der Waals surface area contributed by atoms with E-state index in [4.69, 9.17) is 0 Å². The summed E-state index contributed by atoms with van der Waals surface area (Å²) in [5.74, 6) is 0.980. The number of rotatable bonds is 17. The number of aliphatic imine (C=N–C) groups is 1. The number of hydrogen-bond acceptors (Lipinski definition) is 3. The average Bonchev–Trinajstić information content (AvgIpc) is 2.91. The molecule has 0 bridgehead atoms. The van der Waals surface area contributed by atoms with E-state index in [0.717, 1.165) is 56.0 Å². The molecule has 0 aliphatic carbocycles. The van der Waals surface area contributed by atoms with Crippen molar-refractivity contribution in [2.75, 3.05) is 25.0 Å². The van der Waals surface area contributed by atoms with E-state index in [9.17, 15) is 18.0 Å². The lowest BCUT2D eigenvalue weighted by Gasteiger charge is -2.22. The van der Waals surface area contributed by atoms with Crippen LogP contribution in [-0.4, -0.2) is 42.5 Å². The van der Waals surface area contributed by atoms with Crippen molar-refractivity contribution in [3.8, 4) is 0 Å². The fourth-order valence-corrected chi connectivity index (χ4v) is 4.82. The maximum absolute atomic E-state index is 14.0. The van der Waals surface area contributed by atoms with Crippen molar-refractivity contribution in [1.29, 1.82) is 0 Å². The fraction of sp³-hybridized carbons (Fsp3) is 0.625. The second kappa shape index (κ2) is 18.6. The van der Waals surface area contributed by atoms with Crippen molar-refractivity contribution in [2.24, 2.45) is 4.99 Å². The summed E-state index contributed by atoms with van der Waals surface area (Å²) in [5, 5.41) is 6.11. The first-order valence-electron chi connectivity index (χ1n) is 15.0. The Morgan fingerprint density at radius 1 is 1.07 bits per heavy atom. The molecule has 0 radical (unpaired) electrons. The molecule has 8 heteroatoms. The topological polar surface area (TPSA) is 56.7 Å². The molecule has 1 amide bonds. The first kappa shape index (κ1) is 35.3. The molecule has 1 aromatic rings. The Balaban J connectivity index is 3.02. The van der Waals surface area contributed by atoms with Crippen LogP contribution in [0.4, 0.5) is 18.9 Å². The number of halogens is 3. The van der Waals surface area contributed by atoms with E-state index in [1.165, 1.54) is 11.6 Å². The van der Waals surface area contributed by atoms with Crippen molar-refractivity contribution in [2.45, 2.75) is 112 Å². The summed E-state index contributed by atoms with van der Waals surface area (Å²) < 4.78 is 42.0. The van der Waals surface area contributed by atoms with E-state index in [1.807, 2.05) is 19.9 Å². The number of nitrogens with one attached hydrogen (secondary N) is 2. The highest BCUT2D eigenvalue weighted by molar-refractivity contribution is 5.94. The normalized spacial score (nSPS) is 13.1. The summed E-state index contributed by atoms with van der Waals surface area (Å²) in [7, 11) is 0. The van der Waals surface area contributed by atoms with Crippen molar-refractivity contribution in [3.05, 3.63) is 52.9 Å². The smallest absolute Gasteiger partial charge is 0.385 e. The minimum atomic E-state index is -4.57. The molecule has 0 aliphatic heterocycles. The highest BCUT2D eigenvalue weighted by Gasteiger charge is 2.36. The van der Waals surface area contributed by atoms with Gasteiger partial charge in [0.25, 0.3) is 0 Å². The number of amidine groups is 1. The van der Waals surface area contributed by atoms with Crippen LogP contribution >= 0.6 is 0 Å². The molecule has 0 atom stereocenters. The first-order valence-corrected chi connectivity index (χ1v) is 15.0. The molecule has 1 rings (SSSR count). The molecule has 1 aromatic carbocycles. The van der Waals surface area contributed by atoms with E-state index in [-0.39, 0.29) is 11.6 Å². The van der Waals surface area contributed by atoms with Crippen LogP contribution < -0.4 is 10.6 Å². The lowest BCUT2D eigenvalue weighted by atomic mass is 9.89. The Hall–Kier alpha value is -2.77. The monoisotopic (exact) mass is 564 g/mol. The van der Waals surface area contributed by atoms with Gasteiger partial charge in [-0.3, -0.25) is 4.79 Å². The standard InChI is InChI=1S/C32H51F3N4O/c1-8-15-26(16-9-2)27-18-19-30(25(11-4)22-27)38-24(7)37-23-28(32(33,34)35)29(12-5)36-20-14-21-39(13-6)31(40)17-10-3/h12,18-19,22-23,26,36H,8-11,13-17,20-21H2,1-7H3,(H,37,38)/b28-23+,29-12-. The van der Waals surface area contributed by atoms with Gasteiger partial charge < -0.3 is 15.5 Å². The van der Waals surface area contributed by atoms with Crippen molar-refractivity contribution < 1.29 is 18.0 Å². The third-order valence-electron chi connectivity index (χ3n) is 6.96. The highest BCUT2D eigenvalue weighted by Crippen LogP contribution is 2.31. The van der Waals surface area contributed by atoms with E-state index >= 15 is 0 Å². The Kier molecular flexibility index (Phi) is 16.4. The molecule has 2 N–H and O–H groups in total. The van der Waals surface area contributed by atoms with E-state index in [1.54, 1.807) is 18.7 Å². The van der Waals surface area contributed by atoms with Crippen LogP contribution in [0.5, 0.6) is 0 Å². The van der Waals surface area contributed by atoms with Crippen LogP contribution in [0.2, 0.25) is 0 Å². The number of carbonyl (C=O) groups is 1. The number of hydrogen-bond donors (Lipinski definition) is 2. The second-order valence-electron chi connectivity index (χ2n) is 10.1. The molecule has 0 saturated carbocycles. The zero-order valence-corrected chi connectivity index (χ0v) is 25.7. The van der Waals surface area contributed by atoms with Crippen LogP contribution in [-0.2, 0) is 11.2 Å². The van der Waals surface area contributed by atoms with Crippen molar-refractivity contribution >= 4 is 17.4 Å². The average molecular weight is 565 g/mol. The summed E-state index contributed by atoms with van der Waals surface area (Å²) in [5.41, 5.74) is 2.45. The molecule has 40 heavy (non-hydrogen) atoms. The van der Waals surface area contributed by atoms with E-state index in [2.05, 4.69) is 48.5 Å². The predicted octanol–water partition coefficient (Wildman–Crippen LogP) is 8.74. The number of amides is 1. The number of anilines is 1. The summed E-state index contributed by atoms with van der Waals surface area (Å²) in [4.78, 5) is 18.0. The molecule has 0 unspecified atom stereocenters. The number of allylic oxidation sites excluding steroid dienone is 2. The largest absolute Gasteiger partial charge is 0.419 e. The number of benzene rings is 1. The molecular formula is C32H51F3N4O. The van der Waals surface area contributed by atoms with Crippen LogP contribution in [0.25, 0.3) is 0 Å². The Morgan fingerprint density at radius 2 is 1.75 bits per heavy atom. The molecule has 226 valence electrons. The molecule has 5 nitrogen and oxygen atoms in total. The van der Waals surface area contributed by atoms with Gasteiger partial charge >= 0.3 is 6.18 Å². The highest BCUT2D eigenvalue weighted by atomic mass is 19.4. The van der Waals surface area contributed by atoms with Gasteiger partial charge in [-0.05, 0) is 76.0 Å². The van der Waals surface area contributed by atoms with Gasteiger partial charge in [0.2, 0.25) is 5.91 Å². The summed E-state index contributed by atoms with van der Waals surface area (Å²) in [6.07, 6.45) is 4.87. The van der Waals surface area contributed by atoms with Gasteiger partial charge in [0.1, 0.15) is 5.84 Å². The van der Waals surface area contributed by atoms with Gasteiger partial charge in [-0.1, -0.05) is 58.7 Å². The first-order chi connectivity index (χ1) is 19.1. The lowest BCUT2D eigenvalue weighted by molar-refractivity contribution is -0.131. The number of carbonyl (C=O) groups excluding carboxylic acids is 1. The van der Waals surface area contributed by atoms with Gasteiger partial charge in [0.05, 0.1) is 5.57 Å². The Bertz CT molecular complexity index is 992.